The smallest absolute Gasteiger partial charge is 0.314 e. The highest BCUT2D eigenvalue weighted by Crippen LogP contribution is 2.44. The normalized spacial score (nSPS) is 14.0. The van der Waals surface area contributed by atoms with E-state index in [0.717, 1.165) is 50.1 Å². The van der Waals surface area contributed by atoms with Crippen molar-refractivity contribution < 1.29 is 39.5 Å². The summed E-state index contributed by atoms with van der Waals surface area (Å²) in [5.41, 5.74) is 5.40. The number of carboxylic acids is 2. The summed E-state index contributed by atoms with van der Waals surface area (Å²) in [5.74, 6) is -1.06. The zero-order valence-electron chi connectivity index (χ0n) is 42.6. The minimum absolute atomic E-state index is 0.00787. The third-order valence-electron chi connectivity index (χ3n) is 12.0. The Morgan fingerprint density at radius 2 is 0.812 bits per heavy atom. The number of hydrogen-bond donors (Lipinski definition) is 4. The van der Waals surface area contributed by atoms with Gasteiger partial charge >= 0.3 is 17.9 Å². The molecule has 0 radical (unpaired) electrons. The summed E-state index contributed by atoms with van der Waals surface area (Å²) in [7, 11) is 0. The van der Waals surface area contributed by atoms with Crippen LogP contribution in [0.5, 0.6) is 17.2 Å². The monoisotopic (exact) mass is 903 g/mol. The molecule has 356 valence electrons. The van der Waals surface area contributed by atoms with Crippen molar-refractivity contribution in [2.24, 2.45) is 11.8 Å². The van der Waals surface area contributed by atoms with E-state index in [2.05, 4.69) is 125 Å². The predicted octanol–water partition coefficient (Wildman–Crippen LogP) is 13.1. The summed E-state index contributed by atoms with van der Waals surface area (Å²) < 4.78 is 6.62. The molecule has 0 spiro atoms. The number of rotatable bonds is 16. The Labute approximate surface area is 390 Å². The third-order valence-corrected chi connectivity index (χ3v) is 13.1. The maximum atomic E-state index is 14.8. The Kier molecular flexibility index (Phi) is 17.2. The van der Waals surface area contributed by atoms with Crippen molar-refractivity contribution >= 4 is 29.7 Å². The summed E-state index contributed by atoms with van der Waals surface area (Å²) in [6, 6.07) is 11.9. The van der Waals surface area contributed by atoms with Gasteiger partial charge in [0.1, 0.15) is 17.2 Å². The van der Waals surface area contributed by atoms with Crippen LogP contribution in [0.2, 0.25) is 0 Å². The van der Waals surface area contributed by atoms with Crippen molar-refractivity contribution in [3.05, 3.63) is 86.5 Å². The number of carbonyl (C=O) groups is 3. The Morgan fingerprint density at radius 1 is 0.500 bits per heavy atom. The molecule has 0 aromatic heterocycles. The SMILES string of the molecule is CC(C)(C)c1cc(CC(CCSCCC(Cc2cc(C(C)(C)C)c(O)c(C(C)(C)C)c2)C(=O)Oc2c(C(C)(C)C)cc(CCC(=O)O)cc2C(C)(C)C)C(=O)O)cc(C(C)(C)C)c1O. The lowest BCUT2D eigenvalue weighted by Crippen LogP contribution is -2.28. The van der Waals surface area contributed by atoms with E-state index < -0.39 is 34.6 Å². The van der Waals surface area contributed by atoms with Crippen LogP contribution in [-0.2, 0) is 66.1 Å². The largest absolute Gasteiger partial charge is 0.507 e. The second kappa shape index (κ2) is 20.3. The van der Waals surface area contributed by atoms with Gasteiger partial charge in [0.25, 0.3) is 0 Å². The number of phenolic OH excluding ortho intramolecular Hbond substituents is 2. The zero-order chi connectivity index (χ0) is 49.1. The van der Waals surface area contributed by atoms with E-state index in [4.69, 9.17) is 4.74 Å². The van der Waals surface area contributed by atoms with E-state index in [0.29, 0.717) is 49.4 Å². The van der Waals surface area contributed by atoms with Crippen molar-refractivity contribution in [2.75, 3.05) is 11.5 Å². The van der Waals surface area contributed by atoms with E-state index in [1.165, 1.54) is 0 Å². The quantitative estimate of drug-likeness (QED) is 0.0628. The summed E-state index contributed by atoms with van der Waals surface area (Å²) in [4.78, 5) is 39.1. The average Bonchev–Trinajstić information content (AvgIpc) is 3.11. The topological polar surface area (TPSA) is 141 Å². The maximum Gasteiger partial charge on any atom is 0.314 e. The lowest BCUT2D eigenvalue weighted by atomic mass is 9.77. The molecule has 0 heterocycles. The molecule has 0 saturated heterocycles. The van der Waals surface area contributed by atoms with Crippen LogP contribution < -0.4 is 4.74 Å². The van der Waals surface area contributed by atoms with Gasteiger partial charge in [-0.25, -0.2) is 0 Å². The predicted molar refractivity (Wildman–Crippen MR) is 265 cm³/mol. The van der Waals surface area contributed by atoms with E-state index >= 15 is 0 Å². The Morgan fingerprint density at radius 3 is 1.12 bits per heavy atom. The summed E-state index contributed by atoms with van der Waals surface area (Å²) in [6.45, 7) is 37.1. The van der Waals surface area contributed by atoms with Crippen molar-refractivity contribution in [1.29, 1.82) is 0 Å². The average molecular weight is 903 g/mol. The number of thioether (sulfide) groups is 1. The fraction of sp³-hybridized carbons (Fsp3) is 0.618. The van der Waals surface area contributed by atoms with E-state index in [1.54, 1.807) is 11.8 Å². The molecule has 0 amide bonds. The highest BCUT2D eigenvalue weighted by atomic mass is 32.2. The number of carboxylic acid groups (broad SMARTS) is 2. The van der Waals surface area contributed by atoms with E-state index in [-0.39, 0.29) is 45.5 Å². The van der Waals surface area contributed by atoms with Crippen LogP contribution in [-0.4, -0.2) is 49.8 Å². The van der Waals surface area contributed by atoms with Gasteiger partial charge in [0.15, 0.2) is 0 Å². The van der Waals surface area contributed by atoms with Gasteiger partial charge in [0, 0.05) is 17.5 Å². The first kappa shape index (κ1) is 54.4. The number of carbonyl (C=O) groups excluding carboxylic acids is 1. The molecule has 3 rings (SSSR count). The molecule has 0 fully saturated rings. The first-order valence-corrected chi connectivity index (χ1v) is 24.2. The Bertz CT molecular complexity index is 2030. The second-order valence-corrected chi connectivity index (χ2v) is 25.5. The lowest BCUT2D eigenvalue weighted by molar-refractivity contribution is -0.142. The van der Waals surface area contributed by atoms with Crippen LogP contribution in [0.15, 0.2) is 36.4 Å². The van der Waals surface area contributed by atoms with Crippen LogP contribution in [0, 0.1) is 11.8 Å². The van der Waals surface area contributed by atoms with Crippen LogP contribution in [0.25, 0.3) is 0 Å². The first-order chi connectivity index (χ1) is 28.9. The molecular formula is C55H82O8S. The standard InChI is InChI=1S/C55H82O8S/c1-50(2,3)38-29-34(30-39(45(38)58)51(4,5)6)25-36(48(60)61)21-23-64-24-22-37(26-35-31-40(52(7,8)9)46(59)41(32-35)53(10,11)12)49(62)63-47-42(54(13,14)15)27-33(19-20-44(56)57)28-43(47)55(16,17)18/h27-32,36-37,58-59H,19-26H2,1-18H3,(H,56,57)(H,60,61). The van der Waals surface area contributed by atoms with Gasteiger partial charge < -0.3 is 25.2 Å². The number of benzene rings is 3. The van der Waals surface area contributed by atoms with Crippen molar-refractivity contribution in [3.63, 3.8) is 0 Å². The third kappa shape index (κ3) is 14.8. The van der Waals surface area contributed by atoms with E-state index in [9.17, 15) is 34.8 Å². The van der Waals surface area contributed by atoms with Gasteiger partial charge in [0.2, 0.25) is 0 Å². The molecule has 2 atom stereocenters. The zero-order valence-corrected chi connectivity index (χ0v) is 43.4. The van der Waals surface area contributed by atoms with Gasteiger partial charge in [0.05, 0.1) is 11.8 Å². The van der Waals surface area contributed by atoms with Crippen molar-refractivity contribution in [2.45, 2.75) is 196 Å². The summed E-state index contributed by atoms with van der Waals surface area (Å²) in [5, 5.41) is 42.7. The molecule has 0 bridgehead atoms. The number of aryl methyl sites for hydroxylation is 1. The highest BCUT2D eigenvalue weighted by molar-refractivity contribution is 7.99. The molecule has 3 aromatic carbocycles. The summed E-state index contributed by atoms with van der Waals surface area (Å²) in [6.07, 6.45) is 1.98. The number of aliphatic carboxylic acids is 2. The maximum absolute atomic E-state index is 14.8. The van der Waals surface area contributed by atoms with Crippen LogP contribution in [0.3, 0.4) is 0 Å². The molecule has 2 unspecified atom stereocenters. The van der Waals surface area contributed by atoms with E-state index in [1.807, 2.05) is 36.4 Å². The van der Waals surface area contributed by atoms with Crippen LogP contribution >= 0.6 is 11.8 Å². The minimum atomic E-state index is -0.871. The molecule has 0 saturated carbocycles. The van der Waals surface area contributed by atoms with Gasteiger partial charge in [-0.3, -0.25) is 14.4 Å². The fourth-order valence-electron chi connectivity index (χ4n) is 8.14. The van der Waals surface area contributed by atoms with Gasteiger partial charge in [-0.1, -0.05) is 161 Å². The number of hydrogen-bond acceptors (Lipinski definition) is 7. The summed E-state index contributed by atoms with van der Waals surface area (Å²) >= 11 is 1.63. The molecule has 4 N–H and O–H groups in total. The Hall–Kier alpha value is -3.98. The molecule has 64 heavy (non-hydrogen) atoms. The Balaban J connectivity index is 2.04. The fourth-order valence-corrected chi connectivity index (χ4v) is 9.25. The molecule has 9 heteroatoms. The van der Waals surface area contributed by atoms with Gasteiger partial charge in [-0.2, -0.15) is 11.8 Å². The molecule has 8 nitrogen and oxygen atoms in total. The van der Waals surface area contributed by atoms with Crippen LogP contribution in [0.1, 0.15) is 194 Å². The number of phenols is 2. The number of esters is 1. The minimum Gasteiger partial charge on any atom is -0.507 e. The van der Waals surface area contributed by atoms with Gasteiger partial charge in [-0.15, -0.1) is 0 Å². The van der Waals surface area contributed by atoms with Crippen LogP contribution in [0.4, 0.5) is 0 Å². The van der Waals surface area contributed by atoms with Gasteiger partial charge in [-0.05, 0) is 115 Å². The second-order valence-electron chi connectivity index (χ2n) is 24.2. The molecule has 3 aromatic rings. The number of ether oxygens (including phenoxy) is 1. The lowest BCUT2D eigenvalue weighted by Gasteiger charge is -2.31. The molecule has 0 aliphatic heterocycles. The highest BCUT2D eigenvalue weighted by Gasteiger charge is 2.34. The molecule has 0 aliphatic carbocycles. The van der Waals surface area contributed by atoms with Crippen molar-refractivity contribution in [1.82, 2.24) is 0 Å². The molecule has 0 aliphatic rings. The van der Waals surface area contributed by atoms with Crippen molar-refractivity contribution in [3.8, 4) is 17.2 Å². The molecular weight excluding hydrogens is 821 g/mol. The first-order valence-electron chi connectivity index (χ1n) is 23.1. The number of aromatic hydroxyl groups is 2.